The summed E-state index contributed by atoms with van der Waals surface area (Å²) in [5.41, 5.74) is 0.591. The number of piperidine rings is 1. The van der Waals surface area contributed by atoms with Crippen molar-refractivity contribution in [2.24, 2.45) is 17.8 Å². The Morgan fingerprint density at radius 1 is 0.977 bits per heavy atom. The number of likely N-dealkylation sites (tertiary alicyclic amines) is 1. The van der Waals surface area contributed by atoms with Gasteiger partial charge in [0.2, 0.25) is 5.91 Å². The SMILES string of the molecule is CC(C)(C)NC(=O)[C@@H]1C[C@@H]2CCCC[C@@H]2CN1C[C@@H](O)[C@H](Cc1ccccc1)NC(=O)O[C@@H]1CCS(=O)(=O)[C@@H]1C1CCCC1. The van der Waals surface area contributed by atoms with Crippen LogP contribution in [0, 0.1) is 17.8 Å². The minimum atomic E-state index is -3.31. The van der Waals surface area contributed by atoms with E-state index in [0.717, 1.165) is 57.1 Å². The van der Waals surface area contributed by atoms with Gasteiger partial charge in [-0.05, 0) is 82.6 Å². The highest BCUT2D eigenvalue weighted by Gasteiger charge is 2.48. The van der Waals surface area contributed by atoms with Crippen LogP contribution >= 0.6 is 0 Å². The van der Waals surface area contributed by atoms with Gasteiger partial charge >= 0.3 is 6.09 Å². The van der Waals surface area contributed by atoms with E-state index in [2.05, 4.69) is 15.5 Å². The molecule has 0 bridgehead atoms. The van der Waals surface area contributed by atoms with E-state index in [0.29, 0.717) is 24.7 Å². The van der Waals surface area contributed by atoms with E-state index in [1.807, 2.05) is 51.1 Å². The van der Waals surface area contributed by atoms with Gasteiger partial charge in [0.15, 0.2) is 9.84 Å². The van der Waals surface area contributed by atoms with Gasteiger partial charge in [0.25, 0.3) is 0 Å². The lowest BCUT2D eigenvalue weighted by Gasteiger charge is -2.47. The maximum absolute atomic E-state index is 13.5. The average Bonchev–Trinajstić information content (AvgIpc) is 3.58. The number of hydrogen-bond donors (Lipinski definition) is 3. The van der Waals surface area contributed by atoms with Crippen LogP contribution in [0.3, 0.4) is 0 Å². The van der Waals surface area contributed by atoms with Crippen molar-refractivity contribution in [3.8, 4) is 0 Å². The van der Waals surface area contributed by atoms with Crippen LogP contribution in [0.15, 0.2) is 30.3 Å². The fraction of sp³-hybridized carbons (Fsp3) is 0.765. The first-order chi connectivity index (χ1) is 20.9. The third-order valence-corrected chi connectivity index (χ3v) is 12.7. The van der Waals surface area contributed by atoms with Crippen molar-refractivity contribution in [2.45, 2.75) is 126 Å². The topological polar surface area (TPSA) is 125 Å². The lowest BCUT2D eigenvalue weighted by molar-refractivity contribution is -0.132. The number of hydrogen-bond acceptors (Lipinski definition) is 7. The number of β-amino-alcohol motifs (C(OH)–C–C–N with tert-alkyl or cyclic N) is 1. The van der Waals surface area contributed by atoms with E-state index in [9.17, 15) is 23.1 Å². The Hall–Kier alpha value is -2.17. The van der Waals surface area contributed by atoms with Crippen molar-refractivity contribution in [1.82, 2.24) is 15.5 Å². The number of aliphatic hydroxyl groups is 1. The summed E-state index contributed by atoms with van der Waals surface area (Å²) in [7, 11) is -3.31. The van der Waals surface area contributed by atoms with Crippen molar-refractivity contribution >= 4 is 21.8 Å². The quantitative estimate of drug-likeness (QED) is 0.373. The third kappa shape index (κ3) is 8.35. The number of fused-ring (bicyclic) bond motifs is 1. The molecule has 9 nitrogen and oxygen atoms in total. The van der Waals surface area contributed by atoms with Crippen LogP contribution in [0.2, 0.25) is 0 Å². The average molecular weight is 632 g/mol. The Kier molecular flexibility index (Phi) is 10.6. The van der Waals surface area contributed by atoms with Gasteiger partial charge in [-0.2, -0.15) is 0 Å². The predicted molar refractivity (Wildman–Crippen MR) is 171 cm³/mol. The second-order valence-corrected chi connectivity index (χ2v) is 17.1. The Labute approximate surface area is 263 Å². The van der Waals surface area contributed by atoms with Crippen molar-refractivity contribution in [1.29, 1.82) is 0 Å². The molecule has 5 rings (SSSR count). The molecular formula is C34H53N3O6S. The first-order valence-corrected chi connectivity index (χ1v) is 18.6. The highest BCUT2D eigenvalue weighted by Crippen LogP contribution is 2.40. The molecule has 0 spiro atoms. The largest absolute Gasteiger partial charge is 0.445 e. The Bertz CT molecular complexity index is 1230. The van der Waals surface area contributed by atoms with E-state index in [1.165, 1.54) is 12.8 Å². The first-order valence-electron chi connectivity index (χ1n) is 16.9. The van der Waals surface area contributed by atoms with E-state index in [-0.39, 0.29) is 35.7 Å². The number of nitrogens with one attached hydrogen (secondary N) is 2. The van der Waals surface area contributed by atoms with E-state index < -0.39 is 39.4 Å². The van der Waals surface area contributed by atoms with Gasteiger partial charge in [-0.25, -0.2) is 13.2 Å². The van der Waals surface area contributed by atoms with Crippen LogP contribution < -0.4 is 10.6 Å². The molecule has 1 aromatic carbocycles. The molecule has 3 N–H and O–H groups in total. The molecule has 10 heteroatoms. The highest BCUT2D eigenvalue weighted by atomic mass is 32.2. The number of aliphatic hydroxyl groups excluding tert-OH is 1. The zero-order valence-corrected chi connectivity index (χ0v) is 27.6. The standard InChI is InChI=1S/C34H53N3O6S/c1-34(2,3)36-32(39)28-20-25-15-9-10-16-26(25)21-37(28)22-29(38)27(19-23-11-5-4-6-12-23)35-33(40)43-30-17-18-44(41,42)31(30)24-13-7-8-14-24/h4-6,11-12,24-31,38H,7-10,13-22H2,1-3H3,(H,35,40)(H,36,39)/t25-,26+,27-,28-,29+,30+,31+/m0/s1. The van der Waals surface area contributed by atoms with Crippen LogP contribution in [0.1, 0.15) is 90.5 Å². The van der Waals surface area contributed by atoms with Gasteiger partial charge in [-0.1, -0.05) is 62.4 Å². The number of benzene rings is 1. The number of rotatable bonds is 9. The van der Waals surface area contributed by atoms with Crippen molar-refractivity contribution in [3.63, 3.8) is 0 Å². The van der Waals surface area contributed by atoms with Crippen LogP contribution in [-0.4, -0.2) is 84.3 Å². The lowest BCUT2D eigenvalue weighted by atomic mass is 9.72. The van der Waals surface area contributed by atoms with E-state index in [1.54, 1.807) is 0 Å². The molecule has 44 heavy (non-hydrogen) atoms. The van der Waals surface area contributed by atoms with E-state index in [4.69, 9.17) is 4.74 Å². The molecule has 2 saturated carbocycles. The lowest BCUT2D eigenvalue weighted by Crippen LogP contribution is -2.60. The molecular weight excluding hydrogens is 578 g/mol. The molecule has 2 aliphatic carbocycles. The highest BCUT2D eigenvalue weighted by molar-refractivity contribution is 7.92. The molecule has 4 fully saturated rings. The molecule has 2 heterocycles. The smallest absolute Gasteiger partial charge is 0.407 e. The zero-order valence-electron chi connectivity index (χ0n) is 26.7. The molecule has 1 aromatic rings. The third-order valence-electron chi connectivity index (χ3n) is 10.4. The van der Waals surface area contributed by atoms with Crippen LogP contribution in [0.4, 0.5) is 4.79 Å². The molecule has 0 radical (unpaired) electrons. The van der Waals surface area contributed by atoms with Gasteiger partial charge in [0.05, 0.1) is 23.9 Å². The first kappa shape index (κ1) is 33.2. The number of carbonyl (C=O) groups excluding carboxylic acids is 2. The minimum absolute atomic E-state index is 0.0129. The number of alkyl carbamates (subject to hydrolysis) is 1. The van der Waals surface area contributed by atoms with Crippen LogP contribution in [0.25, 0.3) is 0 Å². The summed E-state index contributed by atoms with van der Waals surface area (Å²) in [5, 5.41) is 17.2. The van der Waals surface area contributed by atoms with Crippen molar-refractivity contribution in [2.75, 3.05) is 18.8 Å². The summed E-state index contributed by atoms with van der Waals surface area (Å²) in [4.78, 5) is 29.0. The minimum Gasteiger partial charge on any atom is -0.445 e. The normalized spacial score (nSPS) is 30.7. The molecule has 246 valence electrons. The number of amides is 2. The predicted octanol–water partition coefficient (Wildman–Crippen LogP) is 4.23. The molecule has 2 aliphatic heterocycles. The Morgan fingerprint density at radius 2 is 1.61 bits per heavy atom. The second-order valence-electron chi connectivity index (χ2n) is 14.9. The summed E-state index contributed by atoms with van der Waals surface area (Å²) >= 11 is 0. The van der Waals surface area contributed by atoms with E-state index >= 15 is 0 Å². The van der Waals surface area contributed by atoms with Gasteiger partial charge < -0.3 is 20.5 Å². The maximum Gasteiger partial charge on any atom is 0.407 e. The van der Waals surface area contributed by atoms with Crippen LogP contribution in [-0.2, 0) is 25.8 Å². The van der Waals surface area contributed by atoms with Crippen molar-refractivity contribution in [3.05, 3.63) is 35.9 Å². The summed E-state index contributed by atoms with van der Waals surface area (Å²) in [6.45, 7) is 6.93. The maximum atomic E-state index is 13.5. The molecule has 0 aromatic heterocycles. The molecule has 2 amide bonds. The molecule has 4 aliphatic rings. The number of carbonyl (C=O) groups is 2. The monoisotopic (exact) mass is 631 g/mol. The second kappa shape index (κ2) is 14.1. The number of nitrogens with zero attached hydrogens (tertiary/aromatic N) is 1. The molecule has 7 atom stereocenters. The van der Waals surface area contributed by atoms with Gasteiger partial charge in [0, 0.05) is 18.6 Å². The van der Waals surface area contributed by atoms with Gasteiger partial charge in [-0.15, -0.1) is 0 Å². The fourth-order valence-corrected chi connectivity index (χ4v) is 10.6. The zero-order chi connectivity index (χ0) is 31.5. The van der Waals surface area contributed by atoms with Gasteiger partial charge in [0.1, 0.15) is 11.4 Å². The summed E-state index contributed by atoms with van der Waals surface area (Å²) < 4.78 is 31.7. The van der Waals surface area contributed by atoms with Gasteiger partial charge in [-0.3, -0.25) is 9.69 Å². The summed E-state index contributed by atoms with van der Waals surface area (Å²) in [5.74, 6) is 1.07. The Balaban J connectivity index is 1.31. The van der Waals surface area contributed by atoms with Crippen LogP contribution in [0.5, 0.6) is 0 Å². The molecule has 2 saturated heterocycles. The van der Waals surface area contributed by atoms with Crippen molar-refractivity contribution < 1.29 is 27.9 Å². The summed E-state index contributed by atoms with van der Waals surface area (Å²) in [6, 6.07) is 8.67. The molecule has 0 unspecified atom stereocenters. The summed E-state index contributed by atoms with van der Waals surface area (Å²) in [6.07, 6.45) is 7.52. The Morgan fingerprint density at radius 3 is 2.27 bits per heavy atom. The fourth-order valence-electron chi connectivity index (χ4n) is 8.29. The number of sulfone groups is 1. The number of ether oxygens (including phenoxy) is 1.